The summed E-state index contributed by atoms with van der Waals surface area (Å²) in [7, 11) is 0. The molecule has 1 aliphatic heterocycles. The van der Waals surface area contributed by atoms with Crippen molar-refractivity contribution >= 4 is 46.6 Å². The van der Waals surface area contributed by atoms with Crippen molar-refractivity contribution in [3.63, 3.8) is 0 Å². The van der Waals surface area contributed by atoms with Crippen LogP contribution < -0.4 is 20.7 Å². The topological polar surface area (TPSA) is 116 Å². The van der Waals surface area contributed by atoms with E-state index >= 15 is 0 Å². The van der Waals surface area contributed by atoms with Crippen LogP contribution in [0.15, 0.2) is 93.2 Å². The normalized spacial score (nSPS) is 14.9. The molecule has 2 aromatic carbocycles. The van der Waals surface area contributed by atoms with E-state index in [4.69, 9.17) is 20.8 Å². The average molecular weight is 549 g/mol. The lowest BCUT2D eigenvalue weighted by atomic mass is 9.85. The molecule has 3 N–H and O–H groups in total. The van der Waals surface area contributed by atoms with Gasteiger partial charge in [-0.05, 0) is 68.4 Å². The smallest absolute Gasteiger partial charge is 0.254 e. The number of nitriles is 1. The molecular weight excluding hydrogens is 524 g/mol. The Balaban J connectivity index is 1.55. The number of thioether (sulfide) groups is 1. The first kappa shape index (κ1) is 26.9. The number of carbonyl (C=O) groups excluding carboxylic acids is 2. The van der Waals surface area contributed by atoms with Gasteiger partial charge in [0, 0.05) is 22.1 Å². The zero-order valence-corrected chi connectivity index (χ0v) is 22.3. The van der Waals surface area contributed by atoms with Crippen LogP contribution in [0.5, 0.6) is 5.75 Å². The summed E-state index contributed by atoms with van der Waals surface area (Å²) in [5.41, 5.74) is 2.33. The third kappa shape index (κ3) is 6.40. The quantitative estimate of drug-likeness (QED) is 0.298. The van der Waals surface area contributed by atoms with Crippen molar-refractivity contribution in [3.8, 4) is 11.8 Å². The van der Waals surface area contributed by atoms with Crippen LogP contribution in [0, 0.1) is 11.3 Å². The molecule has 0 fully saturated rings. The number of dihydropyridines is 1. The van der Waals surface area contributed by atoms with Crippen LogP contribution >= 0.6 is 23.4 Å². The molecule has 1 aliphatic rings. The molecule has 1 atom stereocenters. The molecule has 0 radical (unpaired) electrons. The van der Waals surface area contributed by atoms with Gasteiger partial charge in [0.05, 0.1) is 46.8 Å². The highest BCUT2D eigenvalue weighted by molar-refractivity contribution is 8.03. The number of hydrogen-bond donors (Lipinski definition) is 3. The Labute approximate surface area is 229 Å². The standard InChI is InChI=1S/C28H25ClN4O4S/c1-3-36-21-11-9-19(10-12-21)33-27(35)25-17(2)31-28(22(15-30)26(25)23-8-5-13-37-23)38-16-24(34)32-20-7-4-6-18(29)14-20/h4-14,26,31H,3,16H2,1-2H3,(H,32,34)(H,33,35). The minimum Gasteiger partial charge on any atom is -0.494 e. The molecule has 0 bridgehead atoms. The van der Waals surface area contributed by atoms with E-state index in [2.05, 4.69) is 22.0 Å². The summed E-state index contributed by atoms with van der Waals surface area (Å²) in [6, 6.07) is 19.5. The molecule has 10 heteroatoms. The third-order valence-electron chi connectivity index (χ3n) is 5.60. The number of amides is 2. The molecule has 1 unspecified atom stereocenters. The van der Waals surface area contributed by atoms with Crippen molar-refractivity contribution in [2.45, 2.75) is 19.8 Å². The molecule has 1 aromatic heterocycles. The van der Waals surface area contributed by atoms with Crippen molar-refractivity contribution in [1.82, 2.24) is 5.32 Å². The number of allylic oxidation sites excluding steroid dienone is 2. The maximum Gasteiger partial charge on any atom is 0.254 e. The number of nitrogens with one attached hydrogen (secondary N) is 3. The van der Waals surface area contributed by atoms with Gasteiger partial charge in [-0.25, -0.2) is 0 Å². The molecule has 0 saturated carbocycles. The lowest BCUT2D eigenvalue weighted by Gasteiger charge is -2.28. The molecule has 0 spiro atoms. The Morgan fingerprint density at radius 2 is 1.92 bits per heavy atom. The van der Waals surface area contributed by atoms with Gasteiger partial charge in [0.15, 0.2) is 0 Å². The molecule has 38 heavy (non-hydrogen) atoms. The van der Waals surface area contributed by atoms with Crippen molar-refractivity contribution in [2.24, 2.45) is 0 Å². The minimum atomic E-state index is -0.752. The summed E-state index contributed by atoms with van der Waals surface area (Å²) in [6.45, 7) is 4.19. The molecule has 0 aliphatic carbocycles. The van der Waals surface area contributed by atoms with Crippen LogP contribution in [0.2, 0.25) is 5.02 Å². The van der Waals surface area contributed by atoms with Gasteiger partial charge in [-0.2, -0.15) is 5.26 Å². The first-order chi connectivity index (χ1) is 18.4. The molecule has 2 heterocycles. The van der Waals surface area contributed by atoms with Gasteiger partial charge in [0.25, 0.3) is 5.91 Å². The molecule has 0 saturated heterocycles. The highest BCUT2D eigenvalue weighted by Gasteiger charge is 2.36. The number of carbonyl (C=O) groups is 2. The summed E-state index contributed by atoms with van der Waals surface area (Å²) in [4.78, 5) is 26.0. The van der Waals surface area contributed by atoms with Gasteiger partial charge in [0.2, 0.25) is 5.91 Å². The number of furan rings is 1. The number of hydrogen-bond acceptors (Lipinski definition) is 7. The molecule has 4 rings (SSSR count). The van der Waals surface area contributed by atoms with Crippen LogP contribution in [0.4, 0.5) is 11.4 Å². The Hall–Kier alpha value is -4.13. The van der Waals surface area contributed by atoms with Crippen LogP contribution in [-0.2, 0) is 9.59 Å². The fourth-order valence-electron chi connectivity index (χ4n) is 3.97. The van der Waals surface area contributed by atoms with Gasteiger partial charge < -0.3 is 25.1 Å². The van der Waals surface area contributed by atoms with Crippen LogP contribution in [-0.4, -0.2) is 24.2 Å². The Morgan fingerprint density at radius 3 is 2.58 bits per heavy atom. The van der Waals surface area contributed by atoms with Gasteiger partial charge in [0.1, 0.15) is 11.5 Å². The lowest BCUT2D eigenvalue weighted by Crippen LogP contribution is -2.31. The number of benzene rings is 2. The predicted octanol–water partition coefficient (Wildman–Crippen LogP) is 6.04. The zero-order chi connectivity index (χ0) is 27.1. The van der Waals surface area contributed by atoms with E-state index in [1.54, 1.807) is 67.6 Å². The van der Waals surface area contributed by atoms with E-state index in [0.29, 0.717) is 50.8 Å². The second kappa shape index (κ2) is 12.4. The summed E-state index contributed by atoms with van der Waals surface area (Å²) in [5.74, 6) is -0.218. The van der Waals surface area contributed by atoms with Gasteiger partial charge in [-0.1, -0.05) is 29.4 Å². The van der Waals surface area contributed by atoms with Crippen molar-refractivity contribution < 1.29 is 18.7 Å². The maximum absolute atomic E-state index is 13.5. The van der Waals surface area contributed by atoms with Crippen LogP contribution in [0.1, 0.15) is 25.5 Å². The van der Waals surface area contributed by atoms with E-state index in [1.165, 1.54) is 18.0 Å². The van der Waals surface area contributed by atoms with E-state index in [1.807, 2.05) is 6.92 Å². The number of rotatable bonds is 9. The molecular formula is C28H25ClN4O4S. The Bertz CT molecular complexity index is 1430. The van der Waals surface area contributed by atoms with E-state index in [9.17, 15) is 14.9 Å². The van der Waals surface area contributed by atoms with Gasteiger partial charge in [-0.15, -0.1) is 0 Å². The third-order valence-corrected chi connectivity index (χ3v) is 6.85. The Morgan fingerprint density at radius 1 is 1.13 bits per heavy atom. The first-order valence-corrected chi connectivity index (χ1v) is 13.1. The second-order valence-corrected chi connectivity index (χ2v) is 9.65. The summed E-state index contributed by atoms with van der Waals surface area (Å²) in [6.07, 6.45) is 1.49. The van der Waals surface area contributed by atoms with E-state index in [-0.39, 0.29) is 23.1 Å². The van der Waals surface area contributed by atoms with Crippen molar-refractivity contribution in [3.05, 3.63) is 99.6 Å². The average Bonchev–Trinajstić information content (AvgIpc) is 3.43. The fraction of sp³-hybridized carbons (Fsp3) is 0.179. The summed E-state index contributed by atoms with van der Waals surface area (Å²) >= 11 is 7.16. The molecule has 194 valence electrons. The summed E-state index contributed by atoms with van der Waals surface area (Å²) < 4.78 is 11.1. The Kier molecular flexibility index (Phi) is 8.79. The SMILES string of the molecule is CCOc1ccc(NC(=O)C2=C(C)NC(SCC(=O)Nc3cccc(Cl)c3)=C(C#N)C2c2ccco2)cc1. The highest BCUT2D eigenvalue weighted by atomic mass is 35.5. The molecule has 8 nitrogen and oxygen atoms in total. The minimum absolute atomic E-state index is 0.0336. The van der Waals surface area contributed by atoms with Crippen molar-refractivity contribution in [2.75, 3.05) is 23.0 Å². The monoisotopic (exact) mass is 548 g/mol. The first-order valence-electron chi connectivity index (χ1n) is 11.8. The molecule has 2 amide bonds. The molecule has 3 aromatic rings. The zero-order valence-electron chi connectivity index (χ0n) is 20.7. The summed E-state index contributed by atoms with van der Waals surface area (Å²) in [5, 5.41) is 20.0. The predicted molar refractivity (Wildman–Crippen MR) is 149 cm³/mol. The van der Waals surface area contributed by atoms with Crippen molar-refractivity contribution in [1.29, 1.82) is 5.26 Å². The van der Waals surface area contributed by atoms with Gasteiger partial charge >= 0.3 is 0 Å². The number of ether oxygens (including phenoxy) is 1. The van der Waals surface area contributed by atoms with E-state index in [0.717, 1.165) is 0 Å². The number of anilines is 2. The number of nitrogens with zero attached hydrogens (tertiary/aromatic N) is 1. The largest absolute Gasteiger partial charge is 0.494 e. The maximum atomic E-state index is 13.5. The van der Waals surface area contributed by atoms with Crippen LogP contribution in [0.3, 0.4) is 0 Å². The second-order valence-electron chi connectivity index (χ2n) is 8.23. The lowest BCUT2D eigenvalue weighted by molar-refractivity contribution is -0.114. The van der Waals surface area contributed by atoms with E-state index < -0.39 is 5.92 Å². The van der Waals surface area contributed by atoms with Gasteiger partial charge in [-0.3, -0.25) is 9.59 Å². The number of halogens is 1. The fourth-order valence-corrected chi connectivity index (χ4v) is 5.05. The van der Waals surface area contributed by atoms with Crippen LogP contribution in [0.25, 0.3) is 0 Å². The highest BCUT2D eigenvalue weighted by Crippen LogP contribution is 2.41.